The number of piperazine rings is 1. The summed E-state index contributed by atoms with van der Waals surface area (Å²) in [5.74, 6) is 0.785. The number of nitrogens with one attached hydrogen (secondary N) is 2. The minimum absolute atomic E-state index is 0.0760. The molecule has 6 rings (SSSR count). The van der Waals surface area contributed by atoms with E-state index in [2.05, 4.69) is 81.4 Å². The van der Waals surface area contributed by atoms with Crippen LogP contribution in [0, 0.1) is 0 Å². The maximum Gasteiger partial charge on any atom is 0.305 e. The van der Waals surface area contributed by atoms with Crippen LogP contribution in [0.4, 0.5) is 5.82 Å². The normalized spacial score (nSPS) is 15.8. The van der Waals surface area contributed by atoms with Crippen molar-refractivity contribution in [3.63, 3.8) is 0 Å². The molecule has 0 amide bonds. The summed E-state index contributed by atoms with van der Waals surface area (Å²) < 4.78 is 28.8. The molecule has 1 fully saturated rings. The second-order valence-electron chi connectivity index (χ2n) is 11.3. The molecule has 1 aliphatic rings. The molecule has 12 heteroatoms. The van der Waals surface area contributed by atoms with Gasteiger partial charge in [-0.2, -0.15) is 4.31 Å². The Labute approximate surface area is 255 Å². The van der Waals surface area contributed by atoms with E-state index in [0.29, 0.717) is 36.4 Å². The Kier molecular flexibility index (Phi) is 8.29. The summed E-state index contributed by atoms with van der Waals surface area (Å²) in [4.78, 5) is 28.1. The second-order valence-corrected chi connectivity index (χ2v) is 14.2. The zero-order chi connectivity index (χ0) is 30.1. The number of sulfonamides is 1. The van der Waals surface area contributed by atoms with Gasteiger partial charge in [0.2, 0.25) is 10.0 Å². The minimum Gasteiger partial charge on any atom is -0.366 e. The van der Waals surface area contributed by atoms with Crippen molar-refractivity contribution in [2.24, 2.45) is 0 Å². The van der Waals surface area contributed by atoms with Gasteiger partial charge in [-0.15, -0.1) is 0 Å². The van der Waals surface area contributed by atoms with Crippen LogP contribution in [-0.2, 0) is 16.6 Å². The van der Waals surface area contributed by atoms with Crippen molar-refractivity contribution >= 4 is 48.3 Å². The van der Waals surface area contributed by atoms with E-state index in [1.54, 1.807) is 24.5 Å². The van der Waals surface area contributed by atoms with Crippen molar-refractivity contribution in [1.29, 1.82) is 0 Å². The highest BCUT2D eigenvalue weighted by Crippen LogP contribution is 2.31. The van der Waals surface area contributed by atoms with Crippen molar-refractivity contribution in [2.45, 2.75) is 24.4 Å². The molecular formula is C31H35N7O3S2. The van der Waals surface area contributed by atoms with Crippen LogP contribution in [0.3, 0.4) is 0 Å². The van der Waals surface area contributed by atoms with Crippen LogP contribution in [0.15, 0.2) is 76.7 Å². The molecule has 224 valence electrons. The van der Waals surface area contributed by atoms with Crippen LogP contribution in [0.5, 0.6) is 0 Å². The van der Waals surface area contributed by atoms with E-state index in [1.807, 2.05) is 12.1 Å². The molecule has 3 heterocycles. The quantitative estimate of drug-likeness (QED) is 0.255. The summed E-state index contributed by atoms with van der Waals surface area (Å²) in [5.41, 5.74) is 4.99. The molecule has 0 bridgehead atoms. The molecule has 0 unspecified atom stereocenters. The first-order chi connectivity index (χ1) is 20.7. The number of anilines is 1. The number of para-hydroxylation sites is 1. The van der Waals surface area contributed by atoms with Gasteiger partial charge in [0.25, 0.3) is 0 Å². The molecule has 0 radical (unpaired) electrons. The van der Waals surface area contributed by atoms with Crippen molar-refractivity contribution in [2.75, 3.05) is 52.1 Å². The number of H-pyrrole nitrogens is 1. The van der Waals surface area contributed by atoms with Gasteiger partial charge in [0, 0.05) is 56.3 Å². The van der Waals surface area contributed by atoms with Gasteiger partial charge < -0.3 is 15.2 Å². The maximum atomic E-state index is 13.3. The highest BCUT2D eigenvalue weighted by Gasteiger charge is 2.29. The highest BCUT2D eigenvalue weighted by molar-refractivity contribution is 7.89. The van der Waals surface area contributed by atoms with Gasteiger partial charge in [-0.1, -0.05) is 41.7 Å². The Hall–Kier alpha value is -3.68. The average Bonchev–Trinajstić information content (AvgIpc) is 3.36. The van der Waals surface area contributed by atoms with E-state index in [0.717, 1.165) is 52.3 Å². The van der Waals surface area contributed by atoms with Gasteiger partial charge in [0.05, 0.1) is 20.6 Å². The standard InChI is InChI=1S/C31H35N7O3S2/c1-21(18-37-12-14-38(15-13-37)43(40,41)24-10-11-27-28(17-24)42-31(39)35-27)34-30-26-9-5-8-25(29(26)32-20-33-30)23-7-4-6-22(16-23)19-36(2)3/h4-11,16-17,20-21H,12-15,18-19H2,1-3H3,(H,35,39)(H,32,33,34)/t21-/m0/s1. The molecule has 43 heavy (non-hydrogen) atoms. The van der Waals surface area contributed by atoms with E-state index in [-0.39, 0.29) is 15.8 Å². The molecule has 0 spiro atoms. The van der Waals surface area contributed by atoms with Crippen LogP contribution in [0.1, 0.15) is 12.5 Å². The summed E-state index contributed by atoms with van der Waals surface area (Å²) >= 11 is 1.02. The SMILES string of the molecule is C[C@@H](CN1CCN(S(=O)(=O)c2ccc3[nH]c(=O)sc3c2)CC1)Nc1ncnc2c(-c3cccc(CN(C)C)c3)cccc12. The zero-order valence-electron chi connectivity index (χ0n) is 24.4. The molecular weight excluding hydrogens is 583 g/mol. The number of aromatic nitrogens is 3. The number of hydrogen-bond acceptors (Lipinski definition) is 9. The van der Waals surface area contributed by atoms with Crippen LogP contribution in [0.2, 0.25) is 0 Å². The molecule has 2 aromatic heterocycles. The van der Waals surface area contributed by atoms with Crippen LogP contribution >= 0.6 is 11.3 Å². The summed E-state index contributed by atoms with van der Waals surface area (Å²) in [6.07, 6.45) is 1.61. The molecule has 1 saturated heterocycles. The third-order valence-electron chi connectivity index (χ3n) is 7.68. The first kappa shape index (κ1) is 29.4. The van der Waals surface area contributed by atoms with Crippen molar-refractivity contribution in [3.05, 3.63) is 82.2 Å². The van der Waals surface area contributed by atoms with E-state index in [1.165, 1.54) is 9.87 Å². The third kappa shape index (κ3) is 6.34. The minimum atomic E-state index is -3.64. The third-order valence-corrected chi connectivity index (χ3v) is 10.4. The summed E-state index contributed by atoms with van der Waals surface area (Å²) in [6.45, 7) is 5.79. The number of hydrogen-bond donors (Lipinski definition) is 2. The van der Waals surface area contributed by atoms with Crippen molar-refractivity contribution in [3.8, 4) is 11.1 Å². The Bertz CT molecular complexity index is 1930. The fraction of sp³-hybridized carbons (Fsp3) is 0.323. The fourth-order valence-corrected chi connectivity index (χ4v) is 7.99. The molecule has 3 aromatic carbocycles. The summed E-state index contributed by atoms with van der Waals surface area (Å²) in [5, 5.41) is 4.54. The van der Waals surface area contributed by atoms with E-state index >= 15 is 0 Å². The number of aromatic amines is 1. The number of nitrogens with zero attached hydrogens (tertiary/aromatic N) is 5. The first-order valence-electron chi connectivity index (χ1n) is 14.3. The van der Waals surface area contributed by atoms with Gasteiger partial charge >= 0.3 is 4.87 Å². The lowest BCUT2D eigenvalue weighted by molar-refractivity contribution is 0.184. The number of rotatable bonds is 9. The topological polar surface area (TPSA) is 115 Å². The predicted octanol–water partition coefficient (Wildman–Crippen LogP) is 4.07. The van der Waals surface area contributed by atoms with E-state index < -0.39 is 10.0 Å². The van der Waals surface area contributed by atoms with Crippen LogP contribution in [0.25, 0.3) is 32.2 Å². The van der Waals surface area contributed by atoms with E-state index in [4.69, 9.17) is 0 Å². The average molecular weight is 618 g/mol. The highest BCUT2D eigenvalue weighted by atomic mass is 32.2. The lowest BCUT2D eigenvalue weighted by Crippen LogP contribution is -2.50. The van der Waals surface area contributed by atoms with Crippen LogP contribution < -0.4 is 10.2 Å². The molecule has 2 N–H and O–H groups in total. The zero-order valence-corrected chi connectivity index (χ0v) is 26.1. The lowest BCUT2D eigenvalue weighted by atomic mass is 10.00. The van der Waals surface area contributed by atoms with Gasteiger partial charge in [0.1, 0.15) is 12.1 Å². The predicted molar refractivity (Wildman–Crippen MR) is 173 cm³/mol. The molecule has 1 aliphatic heterocycles. The maximum absolute atomic E-state index is 13.3. The second kappa shape index (κ2) is 12.1. The number of thiazole rings is 1. The monoisotopic (exact) mass is 617 g/mol. The molecule has 10 nitrogen and oxygen atoms in total. The Morgan fingerprint density at radius 1 is 1.02 bits per heavy atom. The lowest BCUT2D eigenvalue weighted by Gasteiger charge is -2.35. The van der Waals surface area contributed by atoms with Crippen molar-refractivity contribution in [1.82, 2.24) is 29.1 Å². The Morgan fingerprint density at radius 3 is 2.60 bits per heavy atom. The number of fused-ring (bicyclic) bond motifs is 2. The van der Waals surface area contributed by atoms with E-state index in [9.17, 15) is 13.2 Å². The Balaban J connectivity index is 1.12. The fourth-order valence-electron chi connectivity index (χ4n) is 5.69. The van der Waals surface area contributed by atoms with Gasteiger partial charge in [0.15, 0.2) is 0 Å². The Morgan fingerprint density at radius 2 is 1.81 bits per heavy atom. The smallest absolute Gasteiger partial charge is 0.305 e. The largest absolute Gasteiger partial charge is 0.366 e. The van der Waals surface area contributed by atoms with Gasteiger partial charge in [-0.3, -0.25) is 9.69 Å². The summed E-state index contributed by atoms with van der Waals surface area (Å²) in [6, 6.07) is 19.6. The molecule has 0 aliphatic carbocycles. The number of benzene rings is 3. The van der Waals surface area contributed by atoms with Crippen LogP contribution in [-0.4, -0.2) is 90.3 Å². The van der Waals surface area contributed by atoms with Gasteiger partial charge in [-0.05, 0) is 62.5 Å². The molecule has 1 atom stereocenters. The van der Waals surface area contributed by atoms with Gasteiger partial charge in [-0.25, -0.2) is 18.4 Å². The van der Waals surface area contributed by atoms with Crippen molar-refractivity contribution < 1.29 is 8.42 Å². The first-order valence-corrected chi connectivity index (χ1v) is 16.5. The summed E-state index contributed by atoms with van der Waals surface area (Å²) in [7, 11) is 0.489. The molecule has 0 saturated carbocycles. The molecule has 5 aromatic rings.